The fraction of sp³-hybridized carbons (Fsp3) is 0.292. The Labute approximate surface area is 186 Å². The summed E-state index contributed by atoms with van der Waals surface area (Å²) in [4.78, 5) is 12.9. The molecule has 0 aliphatic rings. The molecule has 164 valence electrons. The van der Waals surface area contributed by atoms with E-state index in [9.17, 15) is 4.79 Å². The quantitative estimate of drug-likeness (QED) is 0.431. The lowest BCUT2D eigenvalue weighted by Crippen LogP contribution is -2.25. The van der Waals surface area contributed by atoms with Crippen molar-refractivity contribution in [3.63, 3.8) is 0 Å². The Morgan fingerprint density at radius 1 is 1.03 bits per heavy atom. The molecule has 2 aromatic heterocycles. The van der Waals surface area contributed by atoms with Crippen LogP contribution in [0.2, 0.25) is 0 Å². The summed E-state index contributed by atoms with van der Waals surface area (Å²) in [6.45, 7) is 5.29. The molecule has 0 bridgehead atoms. The van der Waals surface area contributed by atoms with Gasteiger partial charge in [0.25, 0.3) is 0 Å². The van der Waals surface area contributed by atoms with E-state index in [-0.39, 0.29) is 5.69 Å². The van der Waals surface area contributed by atoms with Gasteiger partial charge in [-0.3, -0.25) is 4.57 Å². The molecule has 0 radical (unpaired) electrons. The first-order valence-corrected chi connectivity index (χ1v) is 11.0. The number of allylic oxidation sites excluding steroid dienone is 1. The second kappa shape index (κ2) is 10.00. The fourth-order valence-corrected chi connectivity index (χ4v) is 3.58. The number of aromatic nitrogens is 7. The van der Waals surface area contributed by atoms with Gasteiger partial charge in [0, 0.05) is 12.1 Å². The molecule has 0 saturated carbocycles. The lowest BCUT2D eigenvalue weighted by atomic mass is 9.98. The number of hydrogen-bond donors (Lipinski definition) is 1. The van der Waals surface area contributed by atoms with Crippen molar-refractivity contribution in [2.75, 3.05) is 0 Å². The van der Waals surface area contributed by atoms with Crippen LogP contribution in [0.5, 0.6) is 0 Å². The highest BCUT2D eigenvalue weighted by Gasteiger charge is 2.13. The van der Waals surface area contributed by atoms with Crippen LogP contribution in [0, 0.1) is 0 Å². The molecule has 0 fully saturated rings. The maximum atomic E-state index is 12.9. The first kappa shape index (κ1) is 21.4. The van der Waals surface area contributed by atoms with Gasteiger partial charge >= 0.3 is 5.69 Å². The maximum absolute atomic E-state index is 12.9. The number of nitrogens with one attached hydrogen (secondary N) is 1. The summed E-state index contributed by atoms with van der Waals surface area (Å²) in [6.07, 6.45) is 6.80. The van der Waals surface area contributed by atoms with E-state index in [2.05, 4.69) is 51.7 Å². The molecule has 0 atom stereocenters. The van der Waals surface area contributed by atoms with Crippen LogP contribution in [0.1, 0.15) is 44.5 Å². The number of aromatic amines is 1. The van der Waals surface area contributed by atoms with Crippen molar-refractivity contribution in [3.05, 3.63) is 76.5 Å². The average molecular weight is 430 g/mol. The van der Waals surface area contributed by atoms with Gasteiger partial charge in [-0.1, -0.05) is 74.9 Å². The lowest BCUT2D eigenvalue weighted by Gasteiger charge is -2.09. The molecule has 0 spiro atoms. The van der Waals surface area contributed by atoms with Crippen molar-refractivity contribution < 1.29 is 0 Å². The third-order valence-electron chi connectivity index (χ3n) is 5.30. The molecule has 0 aliphatic heterocycles. The van der Waals surface area contributed by atoms with Gasteiger partial charge in [-0.15, -0.1) is 10.2 Å². The van der Waals surface area contributed by atoms with Crippen molar-refractivity contribution in [1.82, 2.24) is 35.0 Å². The zero-order valence-electron chi connectivity index (χ0n) is 18.4. The first-order chi connectivity index (χ1) is 15.7. The van der Waals surface area contributed by atoms with Gasteiger partial charge in [-0.2, -0.15) is 10.3 Å². The largest absolute Gasteiger partial charge is 0.346 e. The van der Waals surface area contributed by atoms with E-state index >= 15 is 0 Å². The van der Waals surface area contributed by atoms with E-state index in [0.717, 1.165) is 41.5 Å². The minimum atomic E-state index is -0.0688. The molecule has 8 nitrogen and oxygen atoms in total. The number of aryl methyl sites for hydroxylation is 1. The molecule has 0 aliphatic carbocycles. The van der Waals surface area contributed by atoms with Crippen molar-refractivity contribution in [2.24, 2.45) is 0 Å². The van der Waals surface area contributed by atoms with Crippen LogP contribution < -0.4 is 5.69 Å². The highest BCUT2D eigenvalue weighted by atomic mass is 16.2. The minimum absolute atomic E-state index is 0.0688. The third-order valence-corrected chi connectivity index (χ3v) is 5.30. The predicted molar refractivity (Wildman–Crippen MR) is 125 cm³/mol. The van der Waals surface area contributed by atoms with Crippen LogP contribution in [0.4, 0.5) is 0 Å². The molecular weight excluding hydrogens is 402 g/mol. The SMILES string of the molecule is CCC=Cc1nn(CCCC)c(=O)n1Cc1ccc(-c2ccccc2-c2nn[nH]n2)cc1. The zero-order chi connectivity index (χ0) is 22.3. The van der Waals surface area contributed by atoms with E-state index < -0.39 is 0 Å². The van der Waals surface area contributed by atoms with E-state index in [1.165, 1.54) is 0 Å². The normalized spacial score (nSPS) is 11.4. The van der Waals surface area contributed by atoms with Crippen LogP contribution in [-0.4, -0.2) is 35.0 Å². The van der Waals surface area contributed by atoms with Crippen molar-refractivity contribution in [2.45, 2.75) is 46.2 Å². The standard InChI is InChI=1S/C24H27N7O/c1-3-5-11-22-27-31(16-6-4-2)24(32)30(22)17-18-12-14-19(15-13-18)20-9-7-8-10-21(20)23-25-28-29-26-23/h5,7-15H,3-4,6,16-17H2,1-2H3,(H,25,26,28,29). The van der Waals surface area contributed by atoms with E-state index in [1.54, 1.807) is 9.25 Å². The Hall–Kier alpha value is -3.81. The molecule has 2 aromatic carbocycles. The summed E-state index contributed by atoms with van der Waals surface area (Å²) < 4.78 is 3.32. The molecular formula is C24H27N7O. The summed E-state index contributed by atoms with van der Waals surface area (Å²) in [7, 11) is 0. The number of hydrogen-bond acceptors (Lipinski definition) is 5. The molecule has 0 unspecified atom stereocenters. The summed E-state index contributed by atoms with van der Waals surface area (Å²) >= 11 is 0. The van der Waals surface area contributed by atoms with Crippen LogP contribution in [-0.2, 0) is 13.1 Å². The molecule has 1 N–H and O–H groups in total. The molecule has 8 heteroatoms. The molecule has 4 aromatic rings. The van der Waals surface area contributed by atoms with Gasteiger partial charge in [0.1, 0.15) is 0 Å². The lowest BCUT2D eigenvalue weighted by molar-refractivity contribution is 0.545. The van der Waals surface area contributed by atoms with E-state index in [1.807, 2.05) is 48.6 Å². The second-order valence-electron chi connectivity index (χ2n) is 7.59. The Morgan fingerprint density at radius 3 is 2.50 bits per heavy atom. The molecule has 2 heterocycles. The topological polar surface area (TPSA) is 94.3 Å². The van der Waals surface area contributed by atoms with E-state index in [0.29, 0.717) is 24.7 Å². The molecule has 4 rings (SSSR count). The number of H-pyrrole nitrogens is 1. The van der Waals surface area contributed by atoms with Crippen molar-refractivity contribution >= 4 is 6.08 Å². The number of nitrogens with zero attached hydrogens (tertiary/aromatic N) is 6. The second-order valence-corrected chi connectivity index (χ2v) is 7.59. The van der Waals surface area contributed by atoms with Gasteiger partial charge in [-0.05, 0) is 40.8 Å². The fourth-order valence-electron chi connectivity index (χ4n) is 3.58. The summed E-state index contributed by atoms with van der Waals surface area (Å²) in [6, 6.07) is 16.2. The molecule has 0 saturated heterocycles. The monoisotopic (exact) mass is 429 g/mol. The number of benzene rings is 2. The third kappa shape index (κ3) is 4.59. The molecule has 32 heavy (non-hydrogen) atoms. The van der Waals surface area contributed by atoms with Crippen LogP contribution in [0.15, 0.2) is 59.4 Å². The summed E-state index contributed by atoms with van der Waals surface area (Å²) in [5, 5.41) is 18.9. The Bertz CT molecular complexity index is 1230. The van der Waals surface area contributed by atoms with Gasteiger partial charge < -0.3 is 0 Å². The summed E-state index contributed by atoms with van der Waals surface area (Å²) in [5.74, 6) is 1.25. The predicted octanol–water partition coefficient (Wildman–Crippen LogP) is 4.16. The van der Waals surface area contributed by atoms with Gasteiger partial charge in [0.15, 0.2) is 5.82 Å². The van der Waals surface area contributed by atoms with Crippen molar-refractivity contribution in [3.8, 4) is 22.5 Å². The Kier molecular flexibility index (Phi) is 6.69. The molecule has 0 amide bonds. The van der Waals surface area contributed by atoms with Crippen LogP contribution >= 0.6 is 0 Å². The number of tetrazole rings is 1. The van der Waals surface area contributed by atoms with Crippen LogP contribution in [0.3, 0.4) is 0 Å². The Balaban J connectivity index is 1.62. The van der Waals surface area contributed by atoms with Crippen molar-refractivity contribution in [1.29, 1.82) is 0 Å². The Morgan fingerprint density at radius 2 is 1.81 bits per heavy atom. The average Bonchev–Trinajstić information content (AvgIpc) is 3.46. The number of rotatable bonds is 9. The highest BCUT2D eigenvalue weighted by Crippen LogP contribution is 2.29. The number of unbranched alkanes of at least 4 members (excludes halogenated alkanes) is 1. The van der Waals surface area contributed by atoms with Gasteiger partial charge in [-0.25, -0.2) is 9.48 Å². The summed E-state index contributed by atoms with van der Waals surface area (Å²) in [5.41, 5.74) is 3.95. The maximum Gasteiger partial charge on any atom is 0.346 e. The smallest absolute Gasteiger partial charge is 0.271 e. The van der Waals surface area contributed by atoms with Gasteiger partial charge in [0.2, 0.25) is 5.82 Å². The minimum Gasteiger partial charge on any atom is -0.271 e. The zero-order valence-corrected chi connectivity index (χ0v) is 18.4. The van der Waals surface area contributed by atoms with Crippen LogP contribution in [0.25, 0.3) is 28.6 Å². The highest BCUT2D eigenvalue weighted by molar-refractivity contribution is 5.80. The van der Waals surface area contributed by atoms with E-state index in [4.69, 9.17) is 0 Å². The van der Waals surface area contributed by atoms with Gasteiger partial charge in [0.05, 0.1) is 6.54 Å². The first-order valence-electron chi connectivity index (χ1n) is 11.0.